The van der Waals surface area contributed by atoms with Gasteiger partial charge in [0, 0.05) is 10.6 Å². The van der Waals surface area contributed by atoms with E-state index in [1.54, 1.807) is 18.2 Å². The van der Waals surface area contributed by atoms with Gasteiger partial charge in [-0.1, -0.05) is 6.07 Å². The Bertz CT molecular complexity index is 1210. The summed E-state index contributed by atoms with van der Waals surface area (Å²) in [5, 5.41) is 13.2. The van der Waals surface area contributed by atoms with E-state index in [1.807, 2.05) is 18.4 Å². The first kappa shape index (κ1) is 21.6. The van der Waals surface area contributed by atoms with Crippen molar-refractivity contribution >= 4 is 34.5 Å². The molecule has 1 aromatic heterocycles. The summed E-state index contributed by atoms with van der Waals surface area (Å²) in [4.78, 5) is 28.4. The highest BCUT2D eigenvalue weighted by atomic mass is 32.1. The molecule has 1 aliphatic rings. The molecule has 2 aromatic carbocycles. The lowest BCUT2D eigenvalue weighted by molar-refractivity contribution is -0.132. The maximum Gasteiger partial charge on any atom is 0.300 e. The summed E-state index contributed by atoms with van der Waals surface area (Å²) < 4.78 is 24.3. The highest BCUT2D eigenvalue weighted by molar-refractivity contribution is 7.10. The molecule has 1 fully saturated rings. The molecule has 0 bridgehead atoms. The Labute approximate surface area is 188 Å². The number of ketones is 1. The number of ether oxygens (including phenoxy) is 2. The number of amides is 1. The number of carbonyl (C=O) groups excluding carboxylic acids is 2. The lowest BCUT2D eigenvalue weighted by Crippen LogP contribution is -2.29. The third-order valence-corrected chi connectivity index (χ3v) is 6.44. The van der Waals surface area contributed by atoms with Crippen LogP contribution in [0.3, 0.4) is 0 Å². The molecule has 164 valence electrons. The molecular formula is C24H20FNO5S. The molecule has 0 spiro atoms. The van der Waals surface area contributed by atoms with Gasteiger partial charge in [0.25, 0.3) is 11.7 Å². The lowest BCUT2D eigenvalue weighted by atomic mass is 9.97. The van der Waals surface area contributed by atoms with E-state index in [-0.39, 0.29) is 22.6 Å². The molecule has 0 saturated carbocycles. The van der Waals surface area contributed by atoms with Crippen molar-refractivity contribution in [3.05, 3.63) is 81.3 Å². The average molecular weight is 453 g/mol. The second-order valence-corrected chi connectivity index (χ2v) is 8.10. The molecular weight excluding hydrogens is 433 g/mol. The first-order chi connectivity index (χ1) is 15.4. The first-order valence-electron chi connectivity index (χ1n) is 9.71. The smallest absolute Gasteiger partial charge is 0.300 e. The van der Waals surface area contributed by atoms with Crippen molar-refractivity contribution < 1.29 is 28.6 Å². The number of hydrogen-bond acceptors (Lipinski definition) is 6. The standard InChI is InChI=1S/C24H20FNO5S/c1-13-11-12-32-23(13)20-19(21(27)18-16(30-2)5-4-6-17(18)31-3)22(28)24(29)26(20)15-9-7-14(25)8-10-15/h4-12,20,27H,1-3H3/b21-19+. The fourth-order valence-corrected chi connectivity index (χ4v) is 4.86. The zero-order chi connectivity index (χ0) is 23.0. The van der Waals surface area contributed by atoms with Gasteiger partial charge in [0.15, 0.2) is 0 Å². The Morgan fingerprint density at radius 3 is 2.19 bits per heavy atom. The van der Waals surface area contributed by atoms with E-state index in [4.69, 9.17) is 9.47 Å². The van der Waals surface area contributed by atoms with E-state index in [2.05, 4.69) is 0 Å². The third-order valence-electron chi connectivity index (χ3n) is 5.36. The fraction of sp³-hybridized carbons (Fsp3) is 0.167. The summed E-state index contributed by atoms with van der Waals surface area (Å²) in [5.41, 5.74) is 1.28. The number of benzene rings is 2. The summed E-state index contributed by atoms with van der Waals surface area (Å²) >= 11 is 1.36. The van der Waals surface area contributed by atoms with Gasteiger partial charge in [-0.3, -0.25) is 14.5 Å². The van der Waals surface area contributed by atoms with Gasteiger partial charge in [0.1, 0.15) is 34.7 Å². The average Bonchev–Trinajstić information content (AvgIpc) is 3.33. The number of aliphatic hydroxyl groups is 1. The Hall–Kier alpha value is -3.65. The van der Waals surface area contributed by atoms with Gasteiger partial charge in [-0.05, 0) is 60.3 Å². The molecule has 1 atom stereocenters. The molecule has 2 heterocycles. The highest BCUT2D eigenvalue weighted by Crippen LogP contribution is 2.46. The zero-order valence-corrected chi connectivity index (χ0v) is 18.4. The second-order valence-electron chi connectivity index (χ2n) is 7.15. The fourth-order valence-electron chi connectivity index (χ4n) is 3.83. The molecule has 3 aromatic rings. The molecule has 32 heavy (non-hydrogen) atoms. The number of hydrogen-bond donors (Lipinski definition) is 1. The Morgan fingerprint density at radius 2 is 1.66 bits per heavy atom. The van der Waals surface area contributed by atoms with Crippen molar-refractivity contribution in [2.24, 2.45) is 0 Å². The zero-order valence-electron chi connectivity index (χ0n) is 17.6. The van der Waals surface area contributed by atoms with Gasteiger partial charge < -0.3 is 14.6 Å². The van der Waals surface area contributed by atoms with Crippen molar-refractivity contribution in [1.29, 1.82) is 0 Å². The Kier molecular flexibility index (Phi) is 5.71. The van der Waals surface area contributed by atoms with Crippen LogP contribution >= 0.6 is 11.3 Å². The first-order valence-corrected chi connectivity index (χ1v) is 10.6. The van der Waals surface area contributed by atoms with Crippen LogP contribution in [0.5, 0.6) is 11.5 Å². The Morgan fingerprint density at radius 1 is 1.03 bits per heavy atom. The number of aliphatic hydroxyl groups excluding tert-OH is 1. The number of carbonyl (C=O) groups is 2. The van der Waals surface area contributed by atoms with Gasteiger partial charge >= 0.3 is 0 Å². The number of rotatable bonds is 5. The number of thiophene rings is 1. The SMILES string of the molecule is COc1cccc(OC)c1/C(O)=C1\C(=O)C(=O)N(c2ccc(F)cc2)C1c1sccc1C. The molecule has 1 saturated heterocycles. The molecule has 6 nitrogen and oxygen atoms in total. The maximum atomic E-state index is 13.5. The number of halogens is 1. The van der Waals surface area contributed by atoms with Gasteiger partial charge in [-0.25, -0.2) is 4.39 Å². The van der Waals surface area contributed by atoms with Crippen LogP contribution in [0, 0.1) is 12.7 Å². The third kappa shape index (κ3) is 3.42. The van der Waals surface area contributed by atoms with Crippen molar-refractivity contribution in [3.8, 4) is 11.5 Å². The number of anilines is 1. The van der Waals surface area contributed by atoms with Gasteiger partial charge in [0.05, 0.1) is 19.8 Å². The summed E-state index contributed by atoms with van der Waals surface area (Å²) in [6.45, 7) is 1.86. The lowest BCUT2D eigenvalue weighted by Gasteiger charge is -2.25. The molecule has 0 aliphatic carbocycles. The van der Waals surface area contributed by atoms with Gasteiger partial charge in [0.2, 0.25) is 0 Å². The number of Topliss-reactive ketones (excluding diaryl/α,β-unsaturated/α-hetero) is 1. The topological polar surface area (TPSA) is 76.1 Å². The minimum absolute atomic E-state index is 0.0901. The van der Waals surface area contributed by atoms with Crippen LogP contribution < -0.4 is 14.4 Å². The number of nitrogens with zero attached hydrogens (tertiary/aromatic N) is 1. The summed E-state index contributed by atoms with van der Waals surface area (Å²) in [5.74, 6) is -1.96. The quantitative estimate of drug-likeness (QED) is 0.340. The van der Waals surface area contributed by atoms with E-state index in [9.17, 15) is 19.1 Å². The molecule has 8 heteroatoms. The summed E-state index contributed by atoms with van der Waals surface area (Å²) in [7, 11) is 2.87. The van der Waals surface area contributed by atoms with Crippen LogP contribution in [0.15, 0.2) is 59.5 Å². The number of aryl methyl sites for hydroxylation is 1. The molecule has 1 aliphatic heterocycles. The van der Waals surface area contributed by atoms with Crippen LogP contribution in [0.1, 0.15) is 22.0 Å². The van der Waals surface area contributed by atoms with Crippen LogP contribution in [0.4, 0.5) is 10.1 Å². The van der Waals surface area contributed by atoms with Crippen molar-refractivity contribution in [1.82, 2.24) is 0 Å². The second kappa shape index (κ2) is 8.47. The predicted molar refractivity (Wildman–Crippen MR) is 120 cm³/mol. The van der Waals surface area contributed by atoms with Gasteiger partial charge in [-0.15, -0.1) is 11.3 Å². The van der Waals surface area contributed by atoms with E-state index in [0.717, 1.165) is 5.56 Å². The Balaban J connectivity index is 2.01. The largest absolute Gasteiger partial charge is 0.506 e. The summed E-state index contributed by atoms with van der Waals surface area (Å²) in [6, 6.07) is 11.2. The van der Waals surface area contributed by atoms with E-state index in [1.165, 1.54) is 54.7 Å². The van der Waals surface area contributed by atoms with E-state index >= 15 is 0 Å². The molecule has 4 rings (SSSR count). The number of methoxy groups -OCH3 is 2. The van der Waals surface area contributed by atoms with E-state index < -0.39 is 29.3 Å². The van der Waals surface area contributed by atoms with Gasteiger partial charge in [-0.2, -0.15) is 0 Å². The molecule has 0 radical (unpaired) electrons. The van der Waals surface area contributed by atoms with Crippen molar-refractivity contribution in [2.45, 2.75) is 13.0 Å². The van der Waals surface area contributed by atoms with Crippen LogP contribution in [0.2, 0.25) is 0 Å². The van der Waals surface area contributed by atoms with Crippen LogP contribution in [0.25, 0.3) is 5.76 Å². The highest BCUT2D eigenvalue weighted by Gasteiger charge is 2.48. The normalized spacial score (nSPS) is 17.6. The van der Waals surface area contributed by atoms with Crippen LogP contribution in [-0.2, 0) is 9.59 Å². The molecule has 1 unspecified atom stereocenters. The van der Waals surface area contributed by atoms with Crippen molar-refractivity contribution in [3.63, 3.8) is 0 Å². The minimum Gasteiger partial charge on any atom is -0.506 e. The summed E-state index contributed by atoms with van der Waals surface area (Å²) in [6.07, 6.45) is 0. The monoisotopic (exact) mass is 453 g/mol. The van der Waals surface area contributed by atoms with Crippen LogP contribution in [-0.4, -0.2) is 31.0 Å². The van der Waals surface area contributed by atoms with E-state index in [0.29, 0.717) is 10.6 Å². The maximum absolute atomic E-state index is 13.5. The molecule has 1 amide bonds. The van der Waals surface area contributed by atoms with Crippen molar-refractivity contribution in [2.75, 3.05) is 19.1 Å². The molecule has 1 N–H and O–H groups in total. The predicted octanol–water partition coefficient (Wildman–Crippen LogP) is 4.84. The minimum atomic E-state index is -0.893.